The van der Waals surface area contributed by atoms with Gasteiger partial charge in [-0.2, -0.15) is 15.1 Å². The number of sulfone groups is 1. The number of rotatable bonds is 24. The van der Waals surface area contributed by atoms with Crippen molar-refractivity contribution >= 4 is 77.1 Å². The van der Waals surface area contributed by atoms with E-state index >= 15 is 0 Å². The molecule has 0 radical (unpaired) electrons. The van der Waals surface area contributed by atoms with Crippen LogP contribution in [0.25, 0.3) is 11.1 Å². The number of ether oxygens (including phenoxy) is 7. The van der Waals surface area contributed by atoms with Crippen LogP contribution in [-0.2, 0) is 91.5 Å². The fraction of sp³-hybridized carbons (Fsp3) is 0.387. The fourth-order valence-corrected chi connectivity index (χ4v) is 14.5. The fourth-order valence-electron chi connectivity index (χ4n) is 11.4. The molecule has 3 aliphatic rings. The van der Waals surface area contributed by atoms with Crippen molar-refractivity contribution < 1.29 is 102 Å². The van der Waals surface area contributed by atoms with Gasteiger partial charge in [0, 0.05) is 55.8 Å². The molecule has 113 heavy (non-hydrogen) atoms. The van der Waals surface area contributed by atoms with Crippen molar-refractivity contribution in [2.75, 3.05) is 66.4 Å². The lowest BCUT2D eigenvalue weighted by atomic mass is 9.91. The highest BCUT2D eigenvalue weighted by molar-refractivity contribution is 7.91. The number of aromatic nitrogens is 7. The molecule has 0 bridgehead atoms. The molecule has 0 saturated heterocycles. The van der Waals surface area contributed by atoms with Gasteiger partial charge in [-0.3, -0.25) is 34.3 Å². The molecule has 1 aliphatic carbocycles. The van der Waals surface area contributed by atoms with Crippen molar-refractivity contribution in [1.82, 2.24) is 48.9 Å². The van der Waals surface area contributed by atoms with E-state index in [-0.39, 0.29) is 79.3 Å². The van der Waals surface area contributed by atoms with Crippen LogP contribution < -0.4 is 44.6 Å². The van der Waals surface area contributed by atoms with Gasteiger partial charge in [-0.1, -0.05) is 48.8 Å². The summed E-state index contributed by atoms with van der Waals surface area (Å²) in [6, 6.07) is 21.5. The average Bonchev–Trinajstić information content (AvgIpc) is 1.62. The van der Waals surface area contributed by atoms with Gasteiger partial charge in [0.25, 0.3) is 37.4 Å². The summed E-state index contributed by atoms with van der Waals surface area (Å²) in [6.07, 6.45) is 4.04. The minimum absolute atomic E-state index is 0.0483. The van der Waals surface area contributed by atoms with Gasteiger partial charge in [-0.15, -0.1) is 0 Å². The Morgan fingerprint density at radius 2 is 1.37 bits per heavy atom. The van der Waals surface area contributed by atoms with Crippen LogP contribution in [0.5, 0.6) is 29.3 Å². The van der Waals surface area contributed by atoms with Crippen molar-refractivity contribution in [3.63, 3.8) is 0 Å². The molecule has 4 amide bonds. The number of nitrogens with one attached hydrogen (secondary N) is 4. The number of aromatic hydroxyl groups is 1. The zero-order chi connectivity index (χ0) is 83.0. The minimum Gasteiger partial charge on any atom is -0.496 e. The largest absolute Gasteiger partial charge is 0.496 e. The van der Waals surface area contributed by atoms with Crippen LogP contribution in [0.15, 0.2) is 128 Å². The maximum Gasteiger partial charge on any atom is 0.335 e. The zero-order valence-corrected chi connectivity index (χ0v) is 67.0. The number of fused-ring (bicyclic) bond motifs is 1. The Bertz CT molecular complexity index is 5280. The third-order valence-corrected chi connectivity index (χ3v) is 21.1. The first kappa shape index (κ1) is 87.1. The smallest absolute Gasteiger partial charge is 0.335 e. The van der Waals surface area contributed by atoms with Gasteiger partial charge in [-0.05, 0) is 150 Å². The number of amides is 4. The van der Waals surface area contributed by atoms with Crippen molar-refractivity contribution in [3.8, 4) is 40.4 Å². The number of urea groups is 1. The topological polar surface area (TPSA) is 443 Å². The monoisotopic (exact) mass is 1620 g/mol. The van der Waals surface area contributed by atoms with E-state index in [1.54, 1.807) is 39.2 Å². The van der Waals surface area contributed by atoms with E-state index in [1.165, 1.54) is 113 Å². The zero-order valence-electron chi connectivity index (χ0n) is 64.5. The maximum atomic E-state index is 14.2. The summed E-state index contributed by atoms with van der Waals surface area (Å²) < 4.78 is 133. The second-order valence-electron chi connectivity index (χ2n) is 26.6. The van der Waals surface area contributed by atoms with Crippen LogP contribution in [0.2, 0.25) is 0 Å². The second kappa shape index (κ2) is 37.7. The van der Waals surface area contributed by atoms with Crippen LogP contribution in [0.3, 0.4) is 0 Å². The highest BCUT2D eigenvalue weighted by Gasteiger charge is 2.36. The van der Waals surface area contributed by atoms with Crippen molar-refractivity contribution in [2.24, 2.45) is 17.6 Å². The molecule has 4 aromatic carbocycles. The van der Waals surface area contributed by atoms with Crippen molar-refractivity contribution in [1.29, 1.82) is 0 Å². The average molecular weight is 1630 g/mol. The lowest BCUT2D eigenvalue weighted by molar-refractivity contribution is -0.157. The molecular formula is C75H89FN12O22S3. The number of benzene rings is 4. The summed E-state index contributed by atoms with van der Waals surface area (Å²) in [6.45, 7) is 16.1. The molecule has 606 valence electrons. The van der Waals surface area contributed by atoms with Crippen LogP contribution >= 0.6 is 0 Å². The Morgan fingerprint density at radius 1 is 0.735 bits per heavy atom. The molecule has 5 N–H and O–H groups in total. The minimum atomic E-state index is -4.60. The van der Waals surface area contributed by atoms with E-state index in [1.807, 2.05) is 25.5 Å². The number of ketones is 1. The first-order valence-corrected chi connectivity index (χ1v) is 40.0. The number of pyridine rings is 1. The Balaban J connectivity index is 0.000000190. The van der Waals surface area contributed by atoms with Crippen LogP contribution in [0, 0.1) is 19.3 Å². The number of sulfonamides is 2. The van der Waals surface area contributed by atoms with Crippen LogP contribution in [-0.4, -0.2) is 179 Å². The second-order valence-corrected chi connectivity index (χ2v) is 32.0. The number of nitrogens with zero attached hydrogens (tertiary/aromatic N) is 8. The number of oxime groups is 1. The molecule has 4 aromatic heterocycles. The lowest BCUT2D eigenvalue weighted by Crippen LogP contribution is -2.36. The van der Waals surface area contributed by atoms with E-state index in [0.29, 0.717) is 73.2 Å². The standard InChI is InChI=1S/C23H32N2O4.C18H22FN5O8S.C18H18N2O5S.C16H17N3O5S/c1-7-16-13-15(3)14-17(8-2)18(16)19-20(26)24-9-11-28-12-10-25(24)21(19)29-22(27)23(4,5)6;1-10(19)16(32-14(25)9-29-2)15-11(6-5-7-20-15)33(27,28)24-18(26)23-17-21-12(30-3)8-13(22-17)31-4;1-25-16-5-3-2-4-15(16)18(22)20-26(23,24)14-10-6-12(7-11-14)17(21)19-13-8-9-13;1-9-10(15(20)11-8-17-19(2)16(11)21)4-5-13(25(3,22)23)14(9)12-6-7-24-18-12/h13-14H,7-12H2,1-6H3;5-8,10,16H,9H2,1-4H3,(H2,21,22,23,24,26);2-7,10-11,13H,8-9H2,1H3,(H,19,21)(H,20,22);4-5,8,21H,6-7H2,1-3H3. The molecule has 0 spiro atoms. The maximum absolute atomic E-state index is 14.2. The first-order chi connectivity index (χ1) is 53.4. The lowest BCUT2D eigenvalue weighted by Gasteiger charge is -2.21. The predicted octanol–water partition coefficient (Wildman–Crippen LogP) is 7.62. The number of methoxy groups -OCH3 is 4. The Hall–Kier alpha value is -11.5. The van der Waals surface area contributed by atoms with E-state index in [0.717, 1.165) is 61.6 Å². The normalized spacial score (nSPS) is 13.8. The summed E-state index contributed by atoms with van der Waals surface area (Å²) in [5.41, 5.74) is 5.72. The Labute approximate surface area is 651 Å². The predicted molar refractivity (Wildman–Crippen MR) is 408 cm³/mol. The number of hydrogen-bond acceptors (Lipinski definition) is 27. The molecule has 2 unspecified atom stereocenters. The third-order valence-electron chi connectivity index (χ3n) is 17.2. The van der Waals surface area contributed by atoms with E-state index < -0.39 is 88.5 Å². The first-order valence-electron chi connectivity index (χ1n) is 35.2. The van der Waals surface area contributed by atoms with Gasteiger partial charge >= 0.3 is 18.0 Å². The quantitative estimate of drug-likeness (QED) is 0.0287. The van der Waals surface area contributed by atoms with Gasteiger partial charge in [-0.25, -0.2) is 62.7 Å². The summed E-state index contributed by atoms with van der Waals surface area (Å²) in [7, 11) is -5.41. The van der Waals surface area contributed by atoms with Gasteiger partial charge in [0.15, 0.2) is 21.7 Å². The van der Waals surface area contributed by atoms with Gasteiger partial charge in [0.2, 0.25) is 29.5 Å². The summed E-state index contributed by atoms with van der Waals surface area (Å²) in [4.78, 5) is 103. The molecule has 38 heteroatoms. The van der Waals surface area contributed by atoms with E-state index in [2.05, 4.69) is 73.5 Å². The number of para-hydroxylation sites is 1. The van der Waals surface area contributed by atoms with Crippen LogP contribution in [0.1, 0.15) is 137 Å². The molecule has 2 aliphatic heterocycles. The van der Waals surface area contributed by atoms with Gasteiger partial charge in [0.05, 0.1) is 86.4 Å². The summed E-state index contributed by atoms with van der Waals surface area (Å²) in [5.74, 6) is -2.62. The molecule has 8 aromatic rings. The van der Waals surface area contributed by atoms with Crippen molar-refractivity contribution in [3.05, 3.63) is 170 Å². The molecule has 1 fully saturated rings. The number of hydrogen-bond donors (Lipinski definition) is 5. The Morgan fingerprint density at radius 3 is 1.92 bits per heavy atom. The highest BCUT2D eigenvalue weighted by atomic mass is 32.2. The van der Waals surface area contributed by atoms with E-state index in [4.69, 9.17) is 33.3 Å². The third kappa shape index (κ3) is 21.8. The van der Waals surface area contributed by atoms with Crippen molar-refractivity contribution in [2.45, 2.75) is 134 Å². The number of anilines is 1. The van der Waals surface area contributed by atoms with E-state index in [9.17, 15) is 68.3 Å². The molecule has 6 heterocycles. The molecule has 11 rings (SSSR count). The SMILES string of the molecule is CCc1cc(C)cc(CC)c1-c1c(OC(=O)C(C)(C)C)n2n(c1=O)CCOCC2.COCC(=O)OC(c1ncccc1S(=O)(=O)NC(=O)Nc1nc(OC)cc(OC)n1)C(C)F.COc1ccccc1C(=O)NS(=O)(=O)c1ccc(C(=O)NC2CC2)cc1.Cc1c(C(=O)c2cnn(C)c2O)ccc(S(C)(=O)=O)c1C1=NOCC1. The number of alkyl halides is 1. The molecule has 34 nitrogen and oxygen atoms in total. The summed E-state index contributed by atoms with van der Waals surface area (Å²) in [5, 5.41) is 22.7. The number of halogens is 1. The Kier molecular flexibility index (Phi) is 29.1. The number of carbonyl (C=O) groups is 6. The summed E-state index contributed by atoms with van der Waals surface area (Å²) >= 11 is 0. The van der Waals surface area contributed by atoms with Crippen LogP contribution in [0.4, 0.5) is 15.1 Å². The van der Waals surface area contributed by atoms with Gasteiger partial charge < -0.3 is 48.4 Å². The number of aryl methyl sites for hydroxylation is 4. The number of esters is 2. The highest BCUT2D eigenvalue weighted by Crippen LogP contribution is 2.38. The molecular weight excluding hydrogens is 1540 g/mol. The molecule has 2 atom stereocenters. The molecule has 1 saturated carbocycles. The number of carbonyl (C=O) groups excluding carboxylic acids is 6. The van der Waals surface area contributed by atoms with Gasteiger partial charge in [0.1, 0.15) is 46.9 Å².